The molecule has 6 nitrogen and oxygen atoms in total. The summed E-state index contributed by atoms with van der Waals surface area (Å²) in [5, 5.41) is 10.9. The average Bonchev–Trinajstić information content (AvgIpc) is 3.28. The van der Waals surface area contributed by atoms with Crippen molar-refractivity contribution in [2.45, 2.75) is 51.6 Å². The van der Waals surface area contributed by atoms with Crippen LogP contribution in [0.2, 0.25) is 0 Å². The summed E-state index contributed by atoms with van der Waals surface area (Å²) in [4.78, 5) is 31.8. The Morgan fingerprint density at radius 1 is 1.00 bits per heavy atom. The van der Waals surface area contributed by atoms with Gasteiger partial charge < -0.3 is 14.9 Å². The number of aliphatic hydroxyl groups is 1. The van der Waals surface area contributed by atoms with Crippen LogP contribution in [0, 0.1) is 12.3 Å². The molecule has 30 heavy (non-hydrogen) atoms. The summed E-state index contributed by atoms with van der Waals surface area (Å²) in [5.74, 6) is 0.350. The first-order chi connectivity index (χ1) is 14.5. The van der Waals surface area contributed by atoms with Crippen molar-refractivity contribution in [3.05, 3.63) is 35.4 Å². The van der Waals surface area contributed by atoms with Crippen LogP contribution in [0.25, 0.3) is 0 Å². The maximum absolute atomic E-state index is 13.1. The van der Waals surface area contributed by atoms with Gasteiger partial charge in [0.25, 0.3) is 0 Å². The lowest BCUT2D eigenvalue weighted by atomic mass is 9.71. The average molecular weight is 414 g/mol. The number of amides is 2. The molecule has 0 bridgehead atoms. The summed E-state index contributed by atoms with van der Waals surface area (Å²) in [6.45, 7) is 7.02. The van der Waals surface area contributed by atoms with E-state index < -0.39 is 6.10 Å². The number of piperidine rings is 2. The third-order valence-electron chi connectivity index (χ3n) is 7.35. The maximum atomic E-state index is 13.1. The third kappa shape index (κ3) is 4.54. The molecule has 0 aliphatic carbocycles. The number of rotatable bonds is 4. The highest BCUT2D eigenvalue weighted by molar-refractivity contribution is 5.79. The molecular weight excluding hydrogens is 378 g/mol. The molecule has 0 aromatic heterocycles. The Bertz CT molecular complexity index is 777. The molecule has 2 amide bonds. The summed E-state index contributed by atoms with van der Waals surface area (Å²) < 4.78 is 0. The van der Waals surface area contributed by atoms with Crippen molar-refractivity contribution in [3.63, 3.8) is 0 Å². The van der Waals surface area contributed by atoms with E-state index in [1.807, 2.05) is 41.0 Å². The molecule has 0 radical (unpaired) electrons. The van der Waals surface area contributed by atoms with Crippen LogP contribution in [0.5, 0.6) is 0 Å². The Kier molecular flexibility index (Phi) is 6.44. The molecule has 1 spiro atoms. The van der Waals surface area contributed by atoms with Crippen LogP contribution < -0.4 is 0 Å². The minimum atomic E-state index is -0.412. The van der Waals surface area contributed by atoms with E-state index in [4.69, 9.17) is 0 Å². The van der Waals surface area contributed by atoms with E-state index in [2.05, 4.69) is 4.90 Å². The number of likely N-dealkylation sites (tertiary alicyclic amines) is 3. The first-order valence-electron chi connectivity index (χ1n) is 11.5. The lowest BCUT2D eigenvalue weighted by Crippen LogP contribution is -2.60. The van der Waals surface area contributed by atoms with Gasteiger partial charge in [0.05, 0.1) is 19.1 Å². The molecule has 0 unspecified atom stereocenters. The summed E-state index contributed by atoms with van der Waals surface area (Å²) in [5.41, 5.74) is 1.90. The van der Waals surface area contributed by atoms with Gasteiger partial charge in [-0.2, -0.15) is 0 Å². The van der Waals surface area contributed by atoms with Gasteiger partial charge in [0.15, 0.2) is 0 Å². The van der Waals surface area contributed by atoms with Crippen LogP contribution in [0.1, 0.15) is 43.2 Å². The highest BCUT2D eigenvalue weighted by atomic mass is 16.3. The zero-order valence-electron chi connectivity index (χ0n) is 18.2. The second kappa shape index (κ2) is 9.06. The topological polar surface area (TPSA) is 64.1 Å². The van der Waals surface area contributed by atoms with Crippen molar-refractivity contribution in [2.24, 2.45) is 5.41 Å². The van der Waals surface area contributed by atoms with Crippen LogP contribution in [-0.2, 0) is 16.0 Å². The largest absolute Gasteiger partial charge is 0.392 e. The molecule has 1 N–H and O–H groups in total. The van der Waals surface area contributed by atoms with Crippen molar-refractivity contribution in [1.29, 1.82) is 0 Å². The second-order valence-corrected chi connectivity index (χ2v) is 9.49. The highest BCUT2D eigenvalue weighted by Crippen LogP contribution is 2.39. The molecule has 3 saturated heterocycles. The third-order valence-corrected chi connectivity index (χ3v) is 7.35. The molecule has 6 heteroatoms. The number of carbonyl (C=O) groups excluding carboxylic acids is 2. The minimum Gasteiger partial charge on any atom is -0.392 e. The molecule has 164 valence electrons. The Labute approximate surface area is 179 Å². The first-order valence-corrected chi connectivity index (χ1v) is 11.5. The van der Waals surface area contributed by atoms with Gasteiger partial charge in [-0.25, -0.2) is 0 Å². The molecule has 1 aromatic carbocycles. The summed E-state index contributed by atoms with van der Waals surface area (Å²) in [7, 11) is 0. The number of hydrogen-bond donors (Lipinski definition) is 1. The van der Waals surface area contributed by atoms with E-state index in [0.717, 1.165) is 63.0 Å². The predicted octanol–water partition coefficient (Wildman–Crippen LogP) is 1.84. The van der Waals surface area contributed by atoms with Gasteiger partial charge in [-0.3, -0.25) is 14.5 Å². The number of aliphatic hydroxyl groups excluding tert-OH is 1. The van der Waals surface area contributed by atoms with Crippen LogP contribution in [-0.4, -0.2) is 83.5 Å². The Hall–Kier alpha value is -1.92. The number of nitrogens with zero attached hydrogens (tertiary/aromatic N) is 3. The van der Waals surface area contributed by atoms with E-state index in [0.29, 0.717) is 32.5 Å². The normalized spacial score (nSPS) is 27.6. The van der Waals surface area contributed by atoms with Crippen LogP contribution in [0.4, 0.5) is 0 Å². The van der Waals surface area contributed by atoms with Crippen LogP contribution >= 0.6 is 0 Å². The SMILES string of the molecule is Cc1ccccc1CC(=O)N1CCC[C@@]2(CN(CC(=O)N3CCCC3)CC[C@H]2O)C1. The molecule has 2 atom stereocenters. The lowest BCUT2D eigenvalue weighted by molar-refractivity contribution is -0.144. The van der Waals surface area contributed by atoms with Crippen LogP contribution in [0.15, 0.2) is 24.3 Å². The molecule has 3 aliphatic heterocycles. The fourth-order valence-corrected chi connectivity index (χ4v) is 5.49. The molecule has 3 heterocycles. The van der Waals surface area contributed by atoms with E-state index in [-0.39, 0.29) is 17.2 Å². The van der Waals surface area contributed by atoms with Gasteiger partial charge in [-0.15, -0.1) is 0 Å². The Balaban J connectivity index is 1.40. The Morgan fingerprint density at radius 2 is 1.73 bits per heavy atom. The molecular formula is C24H35N3O3. The van der Waals surface area contributed by atoms with Crippen LogP contribution in [0.3, 0.4) is 0 Å². The summed E-state index contributed by atoms with van der Waals surface area (Å²) in [6.07, 6.45) is 4.70. The predicted molar refractivity (Wildman–Crippen MR) is 116 cm³/mol. The van der Waals surface area contributed by atoms with E-state index in [9.17, 15) is 14.7 Å². The first kappa shape index (κ1) is 21.3. The fourth-order valence-electron chi connectivity index (χ4n) is 5.49. The standard InChI is InChI=1S/C24H35N3O3/c1-19-7-2-3-8-20(19)15-22(29)27-13-6-10-24(18-27)17-25(14-9-21(24)28)16-23(30)26-11-4-5-12-26/h2-3,7-8,21,28H,4-6,9-18H2,1H3/t21-,24-/m1/s1. The van der Waals surface area contributed by atoms with Gasteiger partial charge in [0.2, 0.25) is 11.8 Å². The summed E-state index contributed by atoms with van der Waals surface area (Å²) in [6, 6.07) is 8.04. The van der Waals surface area contributed by atoms with E-state index >= 15 is 0 Å². The fraction of sp³-hybridized carbons (Fsp3) is 0.667. The molecule has 4 rings (SSSR count). The van der Waals surface area contributed by atoms with Crippen molar-refractivity contribution >= 4 is 11.8 Å². The van der Waals surface area contributed by atoms with Gasteiger partial charge in [0.1, 0.15) is 0 Å². The summed E-state index contributed by atoms with van der Waals surface area (Å²) >= 11 is 0. The second-order valence-electron chi connectivity index (χ2n) is 9.49. The lowest BCUT2D eigenvalue weighted by Gasteiger charge is -2.51. The van der Waals surface area contributed by atoms with Crippen molar-refractivity contribution in [1.82, 2.24) is 14.7 Å². The molecule has 0 saturated carbocycles. The van der Waals surface area contributed by atoms with E-state index in [1.165, 1.54) is 0 Å². The number of carbonyl (C=O) groups is 2. The molecule has 1 aromatic rings. The quantitative estimate of drug-likeness (QED) is 0.818. The minimum absolute atomic E-state index is 0.140. The van der Waals surface area contributed by atoms with E-state index in [1.54, 1.807) is 0 Å². The van der Waals surface area contributed by atoms with Gasteiger partial charge in [-0.1, -0.05) is 24.3 Å². The zero-order valence-corrected chi connectivity index (χ0v) is 18.2. The highest BCUT2D eigenvalue weighted by Gasteiger charge is 2.46. The van der Waals surface area contributed by atoms with Gasteiger partial charge >= 0.3 is 0 Å². The van der Waals surface area contributed by atoms with Crippen molar-refractivity contribution in [2.75, 3.05) is 45.8 Å². The number of aryl methyl sites for hydroxylation is 1. The zero-order chi connectivity index (χ0) is 21.1. The number of hydrogen-bond acceptors (Lipinski definition) is 4. The van der Waals surface area contributed by atoms with Gasteiger partial charge in [-0.05, 0) is 50.2 Å². The number of benzene rings is 1. The van der Waals surface area contributed by atoms with Crippen molar-refractivity contribution in [3.8, 4) is 0 Å². The Morgan fingerprint density at radius 3 is 2.50 bits per heavy atom. The van der Waals surface area contributed by atoms with Gasteiger partial charge in [0, 0.05) is 44.7 Å². The maximum Gasteiger partial charge on any atom is 0.236 e. The molecule has 3 fully saturated rings. The van der Waals surface area contributed by atoms with Crippen molar-refractivity contribution < 1.29 is 14.7 Å². The monoisotopic (exact) mass is 413 g/mol. The smallest absolute Gasteiger partial charge is 0.236 e. The molecule has 3 aliphatic rings.